The molecule has 9 heteroatoms. The number of amides is 1. The zero-order chi connectivity index (χ0) is 16.2. The summed E-state index contributed by atoms with van der Waals surface area (Å²) in [7, 11) is 0. The van der Waals surface area contributed by atoms with Crippen molar-refractivity contribution in [3.63, 3.8) is 0 Å². The van der Waals surface area contributed by atoms with Crippen molar-refractivity contribution < 1.29 is 27.6 Å². The number of alkyl halides is 3. The van der Waals surface area contributed by atoms with E-state index >= 15 is 0 Å². The highest BCUT2D eigenvalue weighted by Gasteiger charge is 2.38. The molecule has 0 bridgehead atoms. The number of carbonyl (C=O) groups is 1. The maximum atomic E-state index is 12.4. The number of rotatable bonds is 5. The summed E-state index contributed by atoms with van der Waals surface area (Å²) in [4.78, 5) is 15.0. The molecule has 0 radical (unpaired) electrons. The molecule has 0 aliphatic heterocycles. The number of carbonyl (C=O) groups excluding carboxylic acids is 1. The molecule has 0 fully saturated rings. The van der Waals surface area contributed by atoms with E-state index in [1.165, 1.54) is 24.3 Å². The quantitative estimate of drug-likeness (QED) is 0.822. The molecule has 2 N–H and O–H groups in total. The minimum absolute atomic E-state index is 0.0292. The second kappa shape index (κ2) is 6.56. The number of hydrogen-bond donors (Lipinski definition) is 2. The fraction of sp³-hybridized carbons (Fsp3) is 0.308. The number of halogens is 3. The first kappa shape index (κ1) is 16.0. The number of aromatic nitrogens is 2. The van der Waals surface area contributed by atoms with Crippen molar-refractivity contribution >= 4 is 5.91 Å². The van der Waals surface area contributed by atoms with Crippen LogP contribution in [0.15, 0.2) is 28.8 Å². The maximum Gasteiger partial charge on any atom is 0.471 e. The highest BCUT2D eigenvalue weighted by Crippen LogP contribution is 2.29. The number of aliphatic hydroxyl groups excluding tert-OH is 1. The Hall–Kier alpha value is -2.42. The van der Waals surface area contributed by atoms with Gasteiger partial charge in [-0.15, -0.1) is 0 Å². The Morgan fingerprint density at radius 2 is 1.95 bits per heavy atom. The summed E-state index contributed by atoms with van der Waals surface area (Å²) in [6.07, 6.45) is -4.26. The normalized spacial score (nSPS) is 11.5. The Balaban J connectivity index is 2.08. The van der Waals surface area contributed by atoms with Gasteiger partial charge in [-0.3, -0.25) is 4.79 Å². The molecule has 22 heavy (non-hydrogen) atoms. The van der Waals surface area contributed by atoms with Gasteiger partial charge < -0.3 is 14.9 Å². The van der Waals surface area contributed by atoms with E-state index in [4.69, 9.17) is 5.11 Å². The first-order valence-electron chi connectivity index (χ1n) is 6.32. The van der Waals surface area contributed by atoms with Gasteiger partial charge in [0.15, 0.2) is 0 Å². The largest absolute Gasteiger partial charge is 0.471 e. The maximum absolute atomic E-state index is 12.4. The molecular formula is C13H12F3N3O3. The van der Waals surface area contributed by atoms with E-state index in [0.717, 1.165) is 0 Å². The molecule has 0 aliphatic carbocycles. The average Bonchev–Trinajstić information content (AvgIpc) is 2.97. The molecule has 118 valence electrons. The van der Waals surface area contributed by atoms with Crippen LogP contribution >= 0.6 is 0 Å². The lowest BCUT2D eigenvalue weighted by molar-refractivity contribution is -0.159. The van der Waals surface area contributed by atoms with Gasteiger partial charge in [-0.1, -0.05) is 17.3 Å². The summed E-state index contributed by atoms with van der Waals surface area (Å²) in [6, 6.07) is 5.72. The van der Waals surface area contributed by atoms with Crippen LogP contribution in [-0.4, -0.2) is 34.3 Å². The molecule has 0 spiro atoms. The predicted octanol–water partition coefficient (Wildman–Crippen LogP) is 1.87. The minimum Gasteiger partial charge on any atom is -0.396 e. The number of nitrogens with zero attached hydrogens (tertiary/aromatic N) is 2. The van der Waals surface area contributed by atoms with Crippen LogP contribution in [0, 0.1) is 0 Å². The average molecular weight is 315 g/mol. The molecule has 2 rings (SSSR count). The molecule has 6 nitrogen and oxygen atoms in total. The van der Waals surface area contributed by atoms with E-state index in [0.29, 0.717) is 24.1 Å². The van der Waals surface area contributed by atoms with Gasteiger partial charge in [0.2, 0.25) is 5.82 Å². The third kappa shape index (κ3) is 3.82. The van der Waals surface area contributed by atoms with Crippen molar-refractivity contribution in [2.75, 3.05) is 13.2 Å². The van der Waals surface area contributed by atoms with E-state index in [2.05, 4.69) is 20.0 Å². The monoisotopic (exact) mass is 315 g/mol. The lowest BCUT2D eigenvalue weighted by Gasteiger charge is -2.04. The summed E-state index contributed by atoms with van der Waals surface area (Å²) in [5, 5.41) is 14.5. The molecule has 0 atom stereocenters. The van der Waals surface area contributed by atoms with E-state index in [-0.39, 0.29) is 18.3 Å². The SMILES string of the molecule is O=C(NCCCO)c1ccc(-c2noc(C(F)(F)F)n2)cc1. The van der Waals surface area contributed by atoms with E-state index in [9.17, 15) is 18.0 Å². The molecule has 0 saturated carbocycles. The van der Waals surface area contributed by atoms with E-state index in [1.54, 1.807) is 0 Å². The fourth-order valence-electron chi connectivity index (χ4n) is 1.61. The first-order valence-corrected chi connectivity index (χ1v) is 6.32. The molecule has 1 heterocycles. The Labute approximate surface area is 123 Å². The van der Waals surface area contributed by atoms with Crippen LogP contribution in [0.3, 0.4) is 0 Å². The van der Waals surface area contributed by atoms with Gasteiger partial charge in [0, 0.05) is 24.3 Å². The van der Waals surface area contributed by atoms with Gasteiger partial charge in [0.1, 0.15) is 0 Å². The van der Waals surface area contributed by atoms with Crippen LogP contribution in [0.25, 0.3) is 11.4 Å². The van der Waals surface area contributed by atoms with Crippen molar-refractivity contribution in [1.29, 1.82) is 0 Å². The Kier molecular flexibility index (Phi) is 4.76. The van der Waals surface area contributed by atoms with Gasteiger partial charge in [0.05, 0.1) is 0 Å². The molecule has 1 aromatic heterocycles. The van der Waals surface area contributed by atoms with Crippen LogP contribution in [0.2, 0.25) is 0 Å². The lowest BCUT2D eigenvalue weighted by atomic mass is 10.1. The molecule has 0 aliphatic rings. The molecule has 1 aromatic carbocycles. The van der Waals surface area contributed by atoms with Crippen LogP contribution in [-0.2, 0) is 6.18 Å². The van der Waals surface area contributed by atoms with Gasteiger partial charge in [-0.05, 0) is 18.6 Å². The van der Waals surface area contributed by atoms with Crippen LogP contribution in [0.1, 0.15) is 22.7 Å². The van der Waals surface area contributed by atoms with E-state index in [1.807, 2.05) is 0 Å². The highest BCUT2D eigenvalue weighted by molar-refractivity contribution is 5.94. The zero-order valence-electron chi connectivity index (χ0n) is 11.2. The number of benzene rings is 1. The van der Waals surface area contributed by atoms with Crippen LogP contribution in [0.5, 0.6) is 0 Å². The van der Waals surface area contributed by atoms with Crippen molar-refractivity contribution in [3.8, 4) is 11.4 Å². The van der Waals surface area contributed by atoms with E-state index < -0.39 is 12.1 Å². The summed E-state index contributed by atoms with van der Waals surface area (Å²) in [5.74, 6) is -1.98. The predicted molar refractivity (Wildman–Crippen MR) is 68.8 cm³/mol. The molecule has 1 amide bonds. The highest BCUT2D eigenvalue weighted by atomic mass is 19.4. The summed E-state index contributed by atoms with van der Waals surface area (Å²) in [6.45, 7) is 0.301. The molecule has 0 saturated heterocycles. The zero-order valence-corrected chi connectivity index (χ0v) is 11.2. The van der Waals surface area contributed by atoms with Gasteiger partial charge in [-0.25, -0.2) is 0 Å². The van der Waals surface area contributed by atoms with Crippen LogP contribution in [0.4, 0.5) is 13.2 Å². The first-order chi connectivity index (χ1) is 10.4. The third-order valence-corrected chi connectivity index (χ3v) is 2.69. The topological polar surface area (TPSA) is 88.2 Å². The lowest BCUT2D eigenvalue weighted by Crippen LogP contribution is -2.24. The molecular weight excluding hydrogens is 303 g/mol. The van der Waals surface area contributed by atoms with Gasteiger partial charge in [0.25, 0.3) is 5.91 Å². The second-order valence-corrected chi connectivity index (χ2v) is 4.33. The number of nitrogens with one attached hydrogen (secondary N) is 1. The fourth-order valence-corrected chi connectivity index (χ4v) is 1.61. The summed E-state index contributed by atoms with van der Waals surface area (Å²) < 4.78 is 41.2. The summed E-state index contributed by atoms with van der Waals surface area (Å²) in [5.41, 5.74) is 0.632. The number of aliphatic hydroxyl groups is 1. The summed E-state index contributed by atoms with van der Waals surface area (Å²) >= 11 is 0. The Morgan fingerprint density at radius 1 is 1.27 bits per heavy atom. The van der Waals surface area contributed by atoms with Crippen LogP contribution < -0.4 is 5.32 Å². The number of hydrogen-bond acceptors (Lipinski definition) is 5. The standard InChI is InChI=1S/C13H12F3N3O3/c14-13(15,16)12-18-10(19-22-12)8-2-4-9(5-3-8)11(21)17-6-1-7-20/h2-5,20H,1,6-7H2,(H,17,21). The molecule has 2 aromatic rings. The smallest absolute Gasteiger partial charge is 0.396 e. The van der Waals surface area contributed by atoms with Gasteiger partial charge >= 0.3 is 12.1 Å². The van der Waals surface area contributed by atoms with Crippen molar-refractivity contribution in [3.05, 3.63) is 35.7 Å². The molecule has 0 unspecified atom stereocenters. The van der Waals surface area contributed by atoms with Crippen molar-refractivity contribution in [2.24, 2.45) is 0 Å². The van der Waals surface area contributed by atoms with Gasteiger partial charge in [-0.2, -0.15) is 18.2 Å². The Bertz CT molecular complexity index is 638. The third-order valence-electron chi connectivity index (χ3n) is 2.69. The van der Waals surface area contributed by atoms with Crippen molar-refractivity contribution in [1.82, 2.24) is 15.5 Å². The Morgan fingerprint density at radius 3 is 2.50 bits per heavy atom. The second-order valence-electron chi connectivity index (χ2n) is 4.33. The van der Waals surface area contributed by atoms with Crippen molar-refractivity contribution in [2.45, 2.75) is 12.6 Å². The minimum atomic E-state index is -4.70.